The minimum atomic E-state index is -0.260. The summed E-state index contributed by atoms with van der Waals surface area (Å²) in [5.41, 5.74) is 6.36. The molecule has 0 aromatic carbocycles. The molecule has 0 spiro atoms. The molecule has 0 bridgehead atoms. The molecule has 0 saturated carbocycles. The fourth-order valence-corrected chi connectivity index (χ4v) is 1.88. The van der Waals surface area contributed by atoms with E-state index >= 15 is 0 Å². The van der Waals surface area contributed by atoms with Gasteiger partial charge in [0.15, 0.2) is 5.82 Å². The summed E-state index contributed by atoms with van der Waals surface area (Å²) in [5, 5.41) is 27.8. The summed E-state index contributed by atoms with van der Waals surface area (Å²) in [7, 11) is 1.46. The molecule has 0 aliphatic rings. The molecule has 3 N–H and O–H groups in total. The van der Waals surface area contributed by atoms with Crippen LogP contribution in [-0.2, 0) is 22.6 Å². The van der Waals surface area contributed by atoms with Crippen molar-refractivity contribution in [3.05, 3.63) is 23.5 Å². The molecule has 130 valence electrons. The second-order valence-corrected chi connectivity index (χ2v) is 4.65. The molecule has 1 amide bonds. The molecule has 1 heterocycles. The van der Waals surface area contributed by atoms with E-state index in [1.165, 1.54) is 19.3 Å². The second kappa shape index (κ2) is 9.98. The van der Waals surface area contributed by atoms with E-state index in [0.29, 0.717) is 24.1 Å². The van der Waals surface area contributed by atoms with Crippen LogP contribution < -0.4 is 10.7 Å². The number of hydrogen-bond acceptors (Lipinski definition) is 9. The normalized spacial score (nSPS) is 11.1. The first-order valence-electron chi connectivity index (χ1n) is 7.52. The molecule has 24 heavy (non-hydrogen) atoms. The third-order valence-electron chi connectivity index (χ3n) is 2.96. The van der Waals surface area contributed by atoms with Crippen LogP contribution in [0.15, 0.2) is 22.6 Å². The van der Waals surface area contributed by atoms with Crippen LogP contribution >= 0.6 is 0 Å². The summed E-state index contributed by atoms with van der Waals surface area (Å²) in [6, 6.07) is 0. The van der Waals surface area contributed by atoms with Gasteiger partial charge in [0.25, 0.3) is 0 Å². The van der Waals surface area contributed by atoms with Crippen molar-refractivity contribution >= 4 is 17.6 Å². The minimum absolute atomic E-state index is 0.0145. The Labute approximate surface area is 140 Å². The van der Waals surface area contributed by atoms with Gasteiger partial charge < -0.3 is 10.5 Å². The zero-order valence-corrected chi connectivity index (χ0v) is 14.1. The number of nitrogens with two attached hydrogens (primary N) is 1. The predicted octanol–water partition coefficient (Wildman–Crippen LogP) is 1.53. The number of amides is 1. The van der Waals surface area contributed by atoms with E-state index in [1.54, 1.807) is 0 Å². The van der Waals surface area contributed by atoms with Gasteiger partial charge in [0.05, 0.1) is 18.3 Å². The van der Waals surface area contributed by atoms with Gasteiger partial charge in [0.2, 0.25) is 11.8 Å². The number of ether oxygens (including phenoxy) is 1. The Bertz CT molecular complexity index is 629. The average molecular weight is 334 g/mol. The Morgan fingerprint density at radius 3 is 2.75 bits per heavy atom. The highest BCUT2D eigenvalue weighted by Crippen LogP contribution is 2.22. The van der Waals surface area contributed by atoms with Crippen molar-refractivity contribution in [1.82, 2.24) is 15.4 Å². The number of nitrogens with zero attached hydrogens (tertiary/aromatic N) is 6. The van der Waals surface area contributed by atoms with Crippen LogP contribution in [0.2, 0.25) is 0 Å². The fraction of sp³-hybridized carbons (Fsp3) is 0.500. The molecule has 0 aliphatic carbocycles. The molecule has 1 aromatic heterocycles. The summed E-state index contributed by atoms with van der Waals surface area (Å²) in [5.74, 6) is -0.176. The van der Waals surface area contributed by atoms with Crippen molar-refractivity contribution in [2.24, 2.45) is 16.1 Å². The van der Waals surface area contributed by atoms with Crippen molar-refractivity contribution in [3.63, 3.8) is 0 Å². The van der Waals surface area contributed by atoms with E-state index in [-0.39, 0.29) is 30.7 Å². The molecule has 0 fully saturated rings. The standard InChI is InChI=1S/C14H22N8O2/c1-4-6-13(23)22(21-17-3)14-10(9-24-12(16)7-8-15)11(5-2)18-20-19-14/h7-8,16H,4-6,9,15H2,1-3H3/b8-7-,16-12?,21-17-. The number of anilines is 1. The van der Waals surface area contributed by atoms with Gasteiger partial charge in [-0.3, -0.25) is 10.2 Å². The van der Waals surface area contributed by atoms with Crippen molar-refractivity contribution in [2.75, 3.05) is 12.1 Å². The first-order valence-corrected chi connectivity index (χ1v) is 7.52. The molecule has 0 unspecified atom stereocenters. The van der Waals surface area contributed by atoms with Crippen LogP contribution in [0.1, 0.15) is 37.9 Å². The molecular weight excluding hydrogens is 312 g/mol. The fourth-order valence-electron chi connectivity index (χ4n) is 1.88. The van der Waals surface area contributed by atoms with Crippen molar-refractivity contribution in [1.29, 1.82) is 5.41 Å². The van der Waals surface area contributed by atoms with Gasteiger partial charge in [-0.2, -0.15) is 10.1 Å². The molecule has 10 heteroatoms. The molecular formula is C14H22N8O2. The van der Waals surface area contributed by atoms with E-state index in [0.717, 1.165) is 5.01 Å². The van der Waals surface area contributed by atoms with E-state index in [2.05, 4.69) is 25.7 Å². The van der Waals surface area contributed by atoms with E-state index in [4.69, 9.17) is 15.9 Å². The quantitative estimate of drug-likeness (QED) is 0.319. The number of aromatic nitrogens is 3. The summed E-state index contributed by atoms with van der Waals surface area (Å²) in [6.07, 6.45) is 4.01. The van der Waals surface area contributed by atoms with E-state index in [9.17, 15) is 4.79 Å². The Kier molecular flexibility index (Phi) is 7.96. The molecule has 1 rings (SSSR count). The third kappa shape index (κ3) is 5.07. The van der Waals surface area contributed by atoms with Crippen LogP contribution in [0.3, 0.4) is 0 Å². The number of carbonyl (C=O) groups excluding carboxylic acids is 1. The lowest BCUT2D eigenvalue weighted by atomic mass is 10.2. The molecule has 10 nitrogen and oxygen atoms in total. The van der Waals surface area contributed by atoms with Gasteiger partial charge in [0, 0.05) is 12.5 Å². The first kappa shape index (κ1) is 19.1. The Morgan fingerprint density at radius 1 is 1.42 bits per heavy atom. The number of rotatable bonds is 8. The van der Waals surface area contributed by atoms with Crippen LogP contribution in [0.25, 0.3) is 0 Å². The van der Waals surface area contributed by atoms with Gasteiger partial charge in [-0.05, 0) is 24.3 Å². The highest BCUT2D eigenvalue weighted by Gasteiger charge is 2.23. The predicted molar refractivity (Wildman–Crippen MR) is 88.2 cm³/mol. The van der Waals surface area contributed by atoms with Crippen molar-refractivity contribution in [3.8, 4) is 0 Å². The first-order chi connectivity index (χ1) is 11.6. The molecule has 0 atom stereocenters. The topological polar surface area (TPSA) is 143 Å². The number of aryl methyl sites for hydroxylation is 1. The molecule has 0 radical (unpaired) electrons. The number of hydrogen-bond donors (Lipinski definition) is 2. The van der Waals surface area contributed by atoms with E-state index < -0.39 is 0 Å². The van der Waals surface area contributed by atoms with Gasteiger partial charge in [-0.25, -0.2) is 0 Å². The lowest BCUT2D eigenvalue weighted by Crippen LogP contribution is -2.28. The maximum Gasteiger partial charge on any atom is 0.250 e. The van der Waals surface area contributed by atoms with Crippen LogP contribution in [0.4, 0.5) is 5.82 Å². The zero-order valence-electron chi connectivity index (χ0n) is 14.1. The van der Waals surface area contributed by atoms with Crippen molar-refractivity contribution < 1.29 is 9.53 Å². The van der Waals surface area contributed by atoms with Crippen LogP contribution in [0, 0.1) is 5.41 Å². The highest BCUT2D eigenvalue weighted by atomic mass is 16.5. The molecule has 0 saturated heterocycles. The zero-order chi connectivity index (χ0) is 17.9. The highest BCUT2D eigenvalue weighted by molar-refractivity contribution is 5.92. The Hall–Kier alpha value is -2.91. The summed E-state index contributed by atoms with van der Waals surface area (Å²) in [6.45, 7) is 3.76. The van der Waals surface area contributed by atoms with Gasteiger partial charge in [0.1, 0.15) is 6.61 Å². The van der Waals surface area contributed by atoms with Crippen LogP contribution in [-0.4, -0.2) is 34.3 Å². The summed E-state index contributed by atoms with van der Waals surface area (Å²) in [4.78, 5) is 12.3. The Balaban J connectivity index is 3.24. The number of carbonyl (C=O) groups is 1. The molecule has 0 aliphatic heterocycles. The third-order valence-corrected chi connectivity index (χ3v) is 2.96. The SMILES string of the molecule is CCCC(=O)N(/N=N\C)c1nnnc(CC)c1COC(=N)/C=C\N. The summed E-state index contributed by atoms with van der Waals surface area (Å²) >= 11 is 0. The van der Waals surface area contributed by atoms with Gasteiger partial charge >= 0.3 is 0 Å². The lowest BCUT2D eigenvalue weighted by Gasteiger charge is -2.18. The lowest BCUT2D eigenvalue weighted by molar-refractivity contribution is -0.118. The van der Waals surface area contributed by atoms with Crippen molar-refractivity contribution in [2.45, 2.75) is 39.7 Å². The smallest absolute Gasteiger partial charge is 0.250 e. The maximum absolute atomic E-state index is 12.3. The monoisotopic (exact) mass is 334 g/mol. The Morgan fingerprint density at radius 2 is 2.17 bits per heavy atom. The second-order valence-electron chi connectivity index (χ2n) is 4.65. The molecule has 1 aromatic rings. The van der Waals surface area contributed by atoms with E-state index in [1.807, 2.05) is 13.8 Å². The summed E-state index contributed by atoms with van der Waals surface area (Å²) < 4.78 is 5.32. The maximum atomic E-state index is 12.3. The average Bonchev–Trinajstić information content (AvgIpc) is 2.58. The van der Waals surface area contributed by atoms with Gasteiger partial charge in [-0.1, -0.05) is 19.1 Å². The minimum Gasteiger partial charge on any atom is -0.473 e. The van der Waals surface area contributed by atoms with Gasteiger partial charge in [-0.15, -0.1) is 10.2 Å². The van der Waals surface area contributed by atoms with Crippen LogP contribution in [0.5, 0.6) is 0 Å². The number of nitrogens with one attached hydrogen (secondary N) is 1. The largest absolute Gasteiger partial charge is 0.473 e.